The molecule has 0 spiro atoms. The van der Waals surface area contributed by atoms with Gasteiger partial charge < -0.3 is 15.5 Å². The Balaban J connectivity index is 1.56. The van der Waals surface area contributed by atoms with Gasteiger partial charge in [0.05, 0.1) is 22.1 Å². The number of aryl methyl sites for hydroxylation is 1. The van der Waals surface area contributed by atoms with E-state index in [2.05, 4.69) is 27.3 Å². The predicted molar refractivity (Wildman–Crippen MR) is 112 cm³/mol. The fourth-order valence-corrected chi connectivity index (χ4v) is 4.15. The molecule has 28 heavy (non-hydrogen) atoms. The third-order valence-electron chi connectivity index (χ3n) is 4.77. The van der Waals surface area contributed by atoms with Gasteiger partial charge in [0.1, 0.15) is 5.82 Å². The van der Waals surface area contributed by atoms with Crippen molar-refractivity contribution in [2.75, 3.05) is 23.7 Å². The van der Waals surface area contributed by atoms with Crippen LogP contribution < -0.4 is 10.6 Å². The van der Waals surface area contributed by atoms with Crippen molar-refractivity contribution < 1.29 is 4.79 Å². The summed E-state index contributed by atoms with van der Waals surface area (Å²) in [5, 5.41) is 13.1. The Morgan fingerprint density at radius 3 is 3.14 bits per heavy atom. The largest absolute Gasteiger partial charge is 0.364 e. The Morgan fingerprint density at radius 2 is 2.36 bits per heavy atom. The second-order valence-corrected chi connectivity index (χ2v) is 7.63. The minimum absolute atomic E-state index is 0.0225. The molecule has 9 heteroatoms. The quantitative estimate of drug-likeness (QED) is 0.621. The van der Waals surface area contributed by atoms with E-state index >= 15 is 0 Å². The van der Waals surface area contributed by atoms with Crippen LogP contribution in [0.15, 0.2) is 36.5 Å². The van der Waals surface area contributed by atoms with E-state index in [1.807, 2.05) is 34.1 Å². The Hall–Kier alpha value is -2.94. The standard InChI is InChI=1S/C19H23N7OS/c1-3-16(27)25-8-5-6-13(11-25)21-18-17-15(7-9-28-17)23-19(24-18)22-14-10-20-26(4-2)12-14/h3,7,9-10,12-13H,1,4-6,8,11H2,2H3,(H2,21,22,23,24)/t13-/m1/s1. The third kappa shape index (κ3) is 3.84. The number of fused-ring (bicyclic) bond motifs is 1. The lowest BCUT2D eigenvalue weighted by Crippen LogP contribution is -2.44. The van der Waals surface area contributed by atoms with Crippen LogP contribution in [0.2, 0.25) is 0 Å². The molecule has 3 aromatic rings. The number of hydrogen-bond acceptors (Lipinski definition) is 7. The maximum absolute atomic E-state index is 12.0. The Morgan fingerprint density at radius 1 is 1.46 bits per heavy atom. The van der Waals surface area contributed by atoms with E-state index in [1.165, 1.54) is 6.08 Å². The number of thiophene rings is 1. The molecule has 1 aliphatic rings. The lowest BCUT2D eigenvalue weighted by atomic mass is 10.1. The molecule has 1 atom stereocenters. The number of piperidine rings is 1. The summed E-state index contributed by atoms with van der Waals surface area (Å²) in [4.78, 5) is 23.1. The number of hydrogen-bond donors (Lipinski definition) is 2. The van der Waals surface area contributed by atoms with Gasteiger partial charge >= 0.3 is 0 Å². The summed E-state index contributed by atoms with van der Waals surface area (Å²) in [6, 6.07) is 2.13. The van der Waals surface area contributed by atoms with Gasteiger partial charge in [-0.3, -0.25) is 9.48 Å². The zero-order valence-electron chi connectivity index (χ0n) is 15.8. The molecule has 1 amide bonds. The van der Waals surface area contributed by atoms with Crippen molar-refractivity contribution in [1.29, 1.82) is 0 Å². The number of likely N-dealkylation sites (tertiary alicyclic amines) is 1. The average molecular weight is 398 g/mol. The van der Waals surface area contributed by atoms with Gasteiger partial charge in [-0.1, -0.05) is 6.58 Å². The number of rotatable bonds is 6. The summed E-state index contributed by atoms with van der Waals surface area (Å²) in [6.45, 7) is 7.86. The highest BCUT2D eigenvalue weighted by molar-refractivity contribution is 7.17. The molecule has 1 saturated heterocycles. The molecule has 0 saturated carbocycles. The number of nitrogens with zero attached hydrogens (tertiary/aromatic N) is 5. The predicted octanol–water partition coefficient (Wildman–Crippen LogP) is 3.24. The van der Waals surface area contributed by atoms with Crippen molar-refractivity contribution in [2.45, 2.75) is 32.4 Å². The monoisotopic (exact) mass is 397 g/mol. The van der Waals surface area contributed by atoms with E-state index < -0.39 is 0 Å². The molecular weight excluding hydrogens is 374 g/mol. The number of carbonyl (C=O) groups is 1. The van der Waals surface area contributed by atoms with Gasteiger partial charge in [-0.15, -0.1) is 11.3 Å². The van der Waals surface area contributed by atoms with E-state index in [-0.39, 0.29) is 11.9 Å². The van der Waals surface area contributed by atoms with Crippen LogP contribution in [0.25, 0.3) is 10.2 Å². The van der Waals surface area contributed by atoms with E-state index in [0.29, 0.717) is 12.5 Å². The first kappa shape index (κ1) is 18.4. The van der Waals surface area contributed by atoms with Crippen LogP contribution in [-0.2, 0) is 11.3 Å². The van der Waals surface area contributed by atoms with Crippen molar-refractivity contribution in [3.05, 3.63) is 36.5 Å². The minimum atomic E-state index is -0.0225. The molecule has 1 fully saturated rings. The van der Waals surface area contributed by atoms with Gasteiger partial charge in [0.25, 0.3) is 0 Å². The molecule has 4 rings (SSSR count). The van der Waals surface area contributed by atoms with Crippen molar-refractivity contribution in [2.24, 2.45) is 0 Å². The molecule has 4 heterocycles. The molecule has 0 aliphatic carbocycles. The van der Waals surface area contributed by atoms with Gasteiger partial charge in [-0.2, -0.15) is 10.1 Å². The van der Waals surface area contributed by atoms with Crippen molar-refractivity contribution in [3.63, 3.8) is 0 Å². The fourth-order valence-electron chi connectivity index (χ4n) is 3.36. The lowest BCUT2D eigenvalue weighted by molar-refractivity contribution is -0.127. The van der Waals surface area contributed by atoms with Gasteiger partial charge in [0, 0.05) is 31.9 Å². The zero-order valence-corrected chi connectivity index (χ0v) is 16.6. The molecular formula is C19H23N7OS. The smallest absolute Gasteiger partial charge is 0.246 e. The van der Waals surface area contributed by atoms with Gasteiger partial charge in [0.2, 0.25) is 11.9 Å². The summed E-state index contributed by atoms with van der Waals surface area (Å²) in [5.74, 6) is 1.30. The fraction of sp³-hybridized carbons (Fsp3) is 0.368. The number of nitrogens with one attached hydrogen (secondary N) is 2. The number of amides is 1. The molecule has 0 bridgehead atoms. The summed E-state index contributed by atoms with van der Waals surface area (Å²) in [7, 11) is 0. The van der Waals surface area contributed by atoms with Crippen LogP contribution in [0, 0.1) is 0 Å². The van der Waals surface area contributed by atoms with Gasteiger partial charge in [-0.25, -0.2) is 4.98 Å². The van der Waals surface area contributed by atoms with Crippen molar-refractivity contribution in [3.8, 4) is 0 Å². The van der Waals surface area contributed by atoms with Crippen LogP contribution in [0.1, 0.15) is 19.8 Å². The summed E-state index contributed by atoms with van der Waals surface area (Å²) in [6.07, 6.45) is 7.01. The van der Waals surface area contributed by atoms with Gasteiger partial charge in [0.15, 0.2) is 0 Å². The minimum Gasteiger partial charge on any atom is -0.364 e. The molecule has 0 radical (unpaired) electrons. The molecule has 0 aromatic carbocycles. The summed E-state index contributed by atoms with van der Waals surface area (Å²) in [5.41, 5.74) is 1.74. The van der Waals surface area contributed by atoms with E-state index in [4.69, 9.17) is 4.98 Å². The molecule has 146 valence electrons. The molecule has 8 nitrogen and oxygen atoms in total. The van der Waals surface area contributed by atoms with Crippen LogP contribution >= 0.6 is 11.3 Å². The summed E-state index contributed by atoms with van der Waals surface area (Å²) >= 11 is 1.61. The highest BCUT2D eigenvalue weighted by Gasteiger charge is 2.23. The maximum atomic E-state index is 12.0. The Labute approximate surface area is 167 Å². The number of anilines is 3. The van der Waals surface area contributed by atoms with Gasteiger partial charge in [-0.05, 0) is 37.3 Å². The van der Waals surface area contributed by atoms with Crippen molar-refractivity contribution >= 4 is 44.9 Å². The van der Waals surface area contributed by atoms with Crippen LogP contribution in [0.4, 0.5) is 17.5 Å². The Bertz CT molecular complexity index is 995. The molecule has 3 aromatic heterocycles. The van der Waals surface area contributed by atoms with Crippen LogP contribution in [0.3, 0.4) is 0 Å². The number of carbonyl (C=O) groups excluding carboxylic acids is 1. The highest BCUT2D eigenvalue weighted by atomic mass is 32.1. The molecule has 1 aliphatic heterocycles. The van der Waals surface area contributed by atoms with Crippen LogP contribution in [-0.4, -0.2) is 49.7 Å². The topological polar surface area (TPSA) is 88.0 Å². The van der Waals surface area contributed by atoms with E-state index in [9.17, 15) is 4.79 Å². The summed E-state index contributed by atoms with van der Waals surface area (Å²) < 4.78 is 2.86. The average Bonchev–Trinajstić information content (AvgIpc) is 3.37. The van der Waals surface area contributed by atoms with E-state index in [1.54, 1.807) is 17.5 Å². The maximum Gasteiger partial charge on any atom is 0.246 e. The second-order valence-electron chi connectivity index (χ2n) is 6.71. The Kier molecular flexibility index (Phi) is 5.25. The van der Waals surface area contributed by atoms with Crippen molar-refractivity contribution in [1.82, 2.24) is 24.6 Å². The first-order valence-corrected chi connectivity index (χ1v) is 10.3. The first-order chi connectivity index (χ1) is 13.7. The van der Waals surface area contributed by atoms with Crippen LogP contribution in [0.5, 0.6) is 0 Å². The SMILES string of the molecule is C=CC(=O)N1CCC[C@@H](Nc2nc(Nc3cnn(CC)c3)nc3ccsc23)C1. The van der Waals surface area contributed by atoms with E-state index in [0.717, 1.165) is 47.7 Å². The number of aromatic nitrogens is 4. The first-order valence-electron chi connectivity index (χ1n) is 9.39. The lowest BCUT2D eigenvalue weighted by Gasteiger charge is -2.32. The zero-order chi connectivity index (χ0) is 19.5. The molecule has 2 N–H and O–H groups in total. The highest BCUT2D eigenvalue weighted by Crippen LogP contribution is 2.29. The second kappa shape index (κ2) is 7.97. The molecule has 0 unspecified atom stereocenters. The third-order valence-corrected chi connectivity index (χ3v) is 5.68. The normalized spacial score (nSPS) is 16.9.